The largest absolute Gasteiger partial charge is 0.361 e. The molecule has 0 radical (unpaired) electrons. The number of aromatic nitrogens is 1. The maximum atomic E-state index is 5.51. The second-order valence-electron chi connectivity index (χ2n) is 6.99. The first-order valence-electron chi connectivity index (χ1n) is 7.23. The Bertz CT molecular complexity index is 426. The number of rotatable bonds is 3. The van der Waals surface area contributed by atoms with Gasteiger partial charge in [0.2, 0.25) is 0 Å². The summed E-state index contributed by atoms with van der Waals surface area (Å²) in [4.78, 5) is 0. The van der Waals surface area contributed by atoms with E-state index in [1.54, 1.807) is 0 Å². The third-order valence-corrected chi connectivity index (χ3v) is 4.48. The predicted octanol–water partition coefficient (Wildman–Crippen LogP) is 3.08. The number of nitrogens with one attached hydrogen (secondary N) is 1. The Labute approximate surface area is 109 Å². The summed E-state index contributed by atoms with van der Waals surface area (Å²) >= 11 is 0. The fourth-order valence-corrected chi connectivity index (χ4v) is 2.87. The van der Waals surface area contributed by atoms with Crippen molar-refractivity contribution in [2.75, 3.05) is 0 Å². The lowest BCUT2D eigenvalue weighted by atomic mass is 9.71. The molecule has 2 aliphatic carbocycles. The maximum absolute atomic E-state index is 5.51. The summed E-state index contributed by atoms with van der Waals surface area (Å²) in [7, 11) is 0. The first-order valence-corrected chi connectivity index (χ1v) is 7.23. The van der Waals surface area contributed by atoms with Crippen LogP contribution in [0, 0.1) is 11.3 Å². The number of aryl methyl sites for hydroxylation is 1. The molecule has 1 fully saturated rings. The van der Waals surface area contributed by atoms with E-state index < -0.39 is 0 Å². The van der Waals surface area contributed by atoms with E-state index in [-0.39, 0.29) is 0 Å². The number of fused-ring (bicyclic) bond motifs is 1. The van der Waals surface area contributed by atoms with Crippen molar-refractivity contribution in [3.8, 4) is 0 Å². The predicted molar refractivity (Wildman–Crippen MR) is 71.3 cm³/mol. The van der Waals surface area contributed by atoms with Crippen molar-refractivity contribution < 1.29 is 4.52 Å². The smallest absolute Gasteiger partial charge is 0.140 e. The fourth-order valence-electron chi connectivity index (χ4n) is 2.87. The standard InChI is InChI=1S/C15H24N2O/c1-15(2,3)10-4-7-14-12(8-10)13(17-18-14)9-16-11-5-6-11/h10-11,16H,4-9H2,1-3H3. The molecule has 0 amide bonds. The second-order valence-corrected chi connectivity index (χ2v) is 6.99. The summed E-state index contributed by atoms with van der Waals surface area (Å²) in [6.07, 6.45) is 6.09. The van der Waals surface area contributed by atoms with Crippen LogP contribution in [0.25, 0.3) is 0 Å². The van der Waals surface area contributed by atoms with Gasteiger partial charge in [0, 0.05) is 24.6 Å². The van der Waals surface area contributed by atoms with Crippen LogP contribution in [-0.4, -0.2) is 11.2 Å². The van der Waals surface area contributed by atoms with Gasteiger partial charge in [-0.1, -0.05) is 25.9 Å². The molecule has 0 aliphatic heterocycles. The van der Waals surface area contributed by atoms with Gasteiger partial charge < -0.3 is 9.84 Å². The summed E-state index contributed by atoms with van der Waals surface area (Å²) < 4.78 is 5.51. The van der Waals surface area contributed by atoms with Crippen molar-refractivity contribution in [2.24, 2.45) is 11.3 Å². The Morgan fingerprint density at radius 3 is 2.72 bits per heavy atom. The van der Waals surface area contributed by atoms with Crippen LogP contribution >= 0.6 is 0 Å². The molecule has 18 heavy (non-hydrogen) atoms. The van der Waals surface area contributed by atoms with Crippen molar-refractivity contribution in [1.82, 2.24) is 10.5 Å². The second kappa shape index (κ2) is 4.37. The lowest BCUT2D eigenvalue weighted by Gasteiger charge is -2.33. The summed E-state index contributed by atoms with van der Waals surface area (Å²) in [5.41, 5.74) is 2.94. The molecule has 100 valence electrons. The monoisotopic (exact) mass is 248 g/mol. The van der Waals surface area contributed by atoms with Gasteiger partial charge in [0.1, 0.15) is 11.5 Å². The molecule has 1 N–H and O–H groups in total. The fraction of sp³-hybridized carbons (Fsp3) is 0.800. The number of hydrogen-bond donors (Lipinski definition) is 1. The van der Waals surface area contributed by atoms with Crippen LogP contribution in [0.1, 0.15) is 57.1 Å². The summed E-state index contributed by atoms with van der Waals surface area (Å²) in [5, 5.41) is 7.82. The van der Waals surface area contributed by atoms with Crippen molar-refractivity contribution >= 4 is 0 Å². The third kappa shape index (κ3) is 2.46. The van der Waals surface area contributed by atoms with Crippen LogP contribution < -0.4 is 5.32 Å². The Morgan fingerprint density at radius 1 is 1.28 bits per heavy atom. The molecule has 1 saturated carbocycles. The van der Waals surface area contributed by atoms with Crippen molar-refractivity contribution in [2.45, 2.75) is 65.5 Å². The molecule has 1 aromatic rings. The summed E-state index contributed by atoms with van der Waals surface area (Å²) in [5.74, 6) is 1.90. The molecule has 0 bridgehead atoms. The average molecular weight is 248 g/mol. The van der Waals surface area contributed by atoms with Gasteiger partial charge in [-0.2, -0.15) is 0 Å². The van der Waals surface area contributed by atoms with E-state index in [0.29, 0.717) is 5.41 Å². The zero-order valence-electron chi connectivity index (χ0n) is 11.8. The number of hydrogen-bond acceptors (Lipinski definition) is 3. The molecule has 2 aliphatic rings. The Balaban J connectivity index is 1.73. The molecule has 1 unspecified atom stereocenters. The lowest BCUT2D eigenvalue weighted by molar-refractivity contribution is 0.206. The SMILES string of the molecule is CC(C)(C)C1CCc2onc(CNC3CC3)c2C1. The van der Waals surface area contributed by atoms with Crippen LogP contribution in [0.3, 0.4) is 0 Å². The van der Waals surface area contributed by atoms with Crippen molar-refractivity contribution in [3.63, 3.8) is 0 Å². The highest BCUT2D eigenvalue weighted by molar-refractivity contribution is 5.26. The van der Waals surface area contributed by atoms with E-state index in [0.717, 1.165) is 42.8 Å². The Morgan fingerprint density at radius 2 is 2.06 bits per heavy atom. The molecule has 1 atom stereocenters. The van der Waals surface area contributed by atoms with Gasteiger partial charge in [-0.15, -0.1) is 0 Å². The first kappa shape index (κ1) is 12.2. The minimum atomic E-state index is 0.385. The Hall–Kier alpha value is -0.830. The minimum absolute atomic E-state index is 0.385. The molecule has 0 spiro atoms. The highest BCUT2D eigenvalue weighted by Crippen LogP contribution is 2.38. The van der Waals surface area contributed by atoms with E-state index in [1.165, 1.54) is 24.8 Å². The molecule has 3 rings (SSSR count). The molecule has 1 aromatic heterocycles. The zero-order valence-corrected chi connectivity index (χ0v) is 11.8. The minimum Gasteiger partial charge on any atom is -0.361 e. The molecule has 3 nitrogen and oxygen atoms in total. The maximum Gasteiger partial charge on any atom is 0.140 e. The molecular formula is C15H24N2O. The van der Waals surface area contributed by atoms with Crippen LogP contribution in [-0.2, 0) is 19.4 Å². The van der Waals surface area contributed by atoms with Gasteiger partial charge >= 0.3 is 0 Å². The van der Waals surface area contributed by atoms with E-state index in [2.05, 4.69) is 31.2 Å². The third-order valence-electron chi connectivity index (χ3n) is 4.48. The van der Waals surface area contributed by atoms with E-state index in [9.17, 15) is 0 Å². The van der Waals surface area contributed by atoms with Gasteiger partial charge in [-0.05, 0) is 37.0 Å². The Kier molecular flexibility index (Phi) is 2.97. The van der Waals surface area contributed by atoms with Gasteiger partial charge in [-0.25, -0.2) is 0 Å². The molecule has 0 saturated heterocycles. The van der Waals surface area contributed by atoms with E-state index >= 15 is 0 Å². The molecule has 3 heteroatoms. The highest BCUT2D eigenvalue weighted by atomic mass is 16.5. The first-order chi connectivity index (χ1) is 8.54. The van der Waals surface area contributed by atoms with Crippen molar-refractivity contribution in [3.05, 3.63) is 17.0 Å². The van der Waals surface area contributed by atoms with Gasteiger partial charge in [0.15, 0.2) is 0 Å². The van der Waals surface area contributed by atoms with E-state index in [1.807, 2.05) is 0 Å². The average Bonchev–Trinajstić information content (AvgIpc) is 3.05. The highest BCUT2D eigenvalue weighted by Gasteiger charge is 2.32. The quantitative estimate of drug-likeness (QED) is 0.893. The van der Waals surface area contributed by atoms with Gasteiger partial charge in [0.25, 0.3) is 0 Å². The molecule has 1 heterocycles. The topological polar surface area (TPSA) is 38.1 Å². The normalized spacial score (nSPS) is 24.1. The summed E-state index contributed by atoms with van der Waals surface area (Å²) in [6.45, 7) is 7.93. The lowest BCUT2D eigenvalue weighted by Crippen LogP contribution is -2.27. The zero-order chi connectivity index (χ0) is 12.8. The van der Waals surface area contributed by atoms with E-state index in [4.69, 9.17) is 4.52 Å². The van der Waals surface area contributed by atoms with Crippen LogP contribution in [0.2, 0.25) is 0 Å². The number of nitrogens with zero attached hydrogens (tertiary/aromatic N) is 1. The van der Waals surface area contributed by atoms with Crippen LogP contribution in [0.4, 0.5) is 0 Å². The van der Waals surface area contributed by atoms with Crippen molar-refractivity contribution in [1.29, 1.82) is 0 Å². The summed E-state index contributed by atoms with van der Waals surface area (Å²) in [6, 6.07) is 0.736. The molecule has 0 aromatic carbocycles. The van der Waals surface area contributed by atoms with Gasteiger partial charge in [0.05, 0.1) is 0 Å². The van der Waals surface area contributed by atoms with Crippen LogP contribution in [0.5, 0.6) is 0 Å². The van der Waals surface area contributed by atoms with Crippen LogP contribution in [0.15, 0.2) is 4.52 Å². The molecular weight excluding hydrogens is 224 g/mol. The van der Waals surface area contributed by atoms with Gasteiger partial charge in [-0.3, -0.25) is 0 Å².